The average Bonchev–Trinajstić information content (AvgIpc) is 2.97. The van der Waals surface area contributed by atoms with Crippen molar-refractivity contribution < 1.29 is 0 Å². The van der Waals surface area contributed by atoms with Gasteiger partial charge in [0.15, 0.2) is 11.5 Å². The molecule has 0 saturated heterocycles. The Bertz CT molecular complexity index is 669. The van der Waals surface area contributed by atoms with Crippen molar-refractivity contribution in [2.24, 2.45) is 7.05 Å². The number of fused-ring (bicyclic) bond motifs is 1. The van der Waals surface area contributed by atoms with Gasteiger partial charge in [-0.1, -0.05) is 0 Å². The van der Waals surface area contributed by atoms with E-state index >= 15 is 0 Å². The number of H-pyrrole nitrogens is 1. The molecule has 18 heavy (non-hydrogen) atoms. The molecule has 0 saturated carbocycles. The molecule has 3 rings (SSSR count). The van der Waals surface area contributed by atoms with E-state index in [1.54, 1.807) is 11.0 Å². The molecule has 0 aliphatic heterocycles. The molecule has 0 amide bonds. The van der Waals surface area contributed by atoms with Crippen LogP contribution in [0, 0.1) is 0 Å². The van der Waals surface area contributed by atoms with Gasteiger partial charge in [0.05, 0.1) is 18.6 Å². The van der Waals surface area contributed by atoms with Crippen LogP contribution in [-0.4, -0.2) is 29.7 Å². The first-order valence-corrected chi connectivity index (χ1v) is 5.63. The summed E-state index contributed by atoms with van der Waals surface area (Å²) in [6, 6.07) is 0.111. The van der Waals surface area contributed by atoms with Gasteiger partial charge < -0.3 is 10.3 Å². The molecule has 3 aromatic rings. The fraction of sp³-hybridized carbons (Fsp3) is 0.273. The summed E-state index contributed by atoms with van der Waals surface area (Å²) in [6.45, 7) is 2.06. The lowest BCUT2D eigenvalue weighted by atomic mass is 10.2. The lowest BCUT2D eigenvalue weighted by Crippen LogP contribution is -2.08. The second-order valence-electron chi connectivity index (χ2n) is 4.14. The quantitative estimate of drug-likeness (QED) is 0.723. The fourth-order valence-corrected chi connectivity index (χ4v) is 1.83. The van der Waals surface area contributed by atoms with E-state index in [0.717, 1.165) is 16.9 Å². The van der Waals surface area contributed by atoms with Crippen LogP contribution in [0.2, 0.25) is 0 Å². The minimum Gasteiger partial charge on any atom is -0.362 e. The SMILES string of the molecule is CC(Nc1ncnc2nc[nH]c12)c1cnn(C)c1. The fourth-order valence-electron chi connectivity index (χ4n) is 1.83. The third-order valence-corrected chi connectivity index (χ3v) is 2.80. The number of aromatic amines is 1. The summed E-state index contributed by atoms with van der Waals surface area (Å²) in [4.78, 5) is 15.4. The summed E-state index contributed by atoms with van der Waals surface area (Å²) in [7, 11) is 1.90. The molecule has 7 heteroatoms. The maximum Gasteiger partial charge on any atom is 0.182 e. The largest absolute Gasteiger partial charge is 0.362 e. The number of hydrogen-bond donors (Lipinski definition) is 2. The summed E-state index contributed by atoms with van der Waals surface area (Å²) < 4.78 is 1.78. The highest BCUT2D eigenvalue weighted by atomic mass is 15.2. The van der Waals surface area contributed by atoms with E-state index in [2.05, 4.69) is 37.3 Å². The second kappa shape index (κ2) is 4.10. The number of hydrogen-bond acceptors (Lipinski definition) is 5. The van der Waals surface area contributed by atoms with Crippen LogP contribution in [-0.2, 0) is 7.05 Å². The number of nitrogens with one attached hydrogen (secondary N) is 2. The van der Waals surface area contributed by atoms with Gasteiger partial charge >= 0.3 is 0 Å². The van der Waals surface area contributed by atoms with E-state index in [9.17, 15) is 0 Å². The zero-order valence-electron chi connectivity index (χ0n) is 10.1. The molecule has 1 atom stereocenters. The minimum absolute atomic E-state index is 0.111. The molecular formula is C11H13N7. The van der Waals surface area contributed by atoms with Crippen molar-refractivity contribution in [1.29, 1.82) is 0 Å². The highest BCUT2D eigenvalue weighted by Gasteiger charge is 2.11. The van der Waals surface area contributed by atoms with Crippen molar-refractivity contribution in [3.63, 3.8) is 0 Å². The average molecular weight is 243 g/mol. The predicted octanol–water partition coefficient (Wildman–Crippen LogP) is 1.26. The Hall–Kier alpha value is -2.44. The monoisotopic (exact) mass is 243 g/mol. The van der Waals surface area contributed by atoms with Crippen LogP contribution in [0.5, 0.6) is 0 Å². The summed E-state index contributed by atoms with van der Waals surface area (Å²) >= 11 is 0. The molecule has 0 spiro atoms. The Morgan fingerprint density at radius 3 is 3.00 bits per heavy atom. The van der Waals surface area contributed by atoms with E-state index in [0.29, 0.717) is 5.65 Å². The smallest absolute Gasteiger partial charge is 0.182 e. The summed E-state index contributed by atoms with van der Waals surface area (Å²) in [6.07, 6.45) is 6.92. The van der Waals surface area contributed by atoms with E-state index in [-0.39, 0.29) is 6.04 Å². The van der Waals surface area contributed by atoms with Gasteiger partial charge in [0.1, 0.15) is 11.8 Å². The van der Waals surface area contributed by atoms with Gasteiger partial charge in [0, 0.05) is 18.8 Å². The minimum atomic E-state index is 0.111. The molecule has 7 nitrogen and oxygen atoms in total. The molecule has 0 aromatic carbocycles. The number of nitrogens with zero attached hydrogens (tertiary/aromatic N) is 5. The number of rotatable bonds is 3. The molecule has 0 bridgehead atoms. The normalized spacial score (nSPS) is 12.8. The van der Waals surface area contributed by atoms with Gasteiger partial charge in [0.25, 0.3) is 0 Å². The van der Waals surface area contributed by atoms with Gasteiger partial charge in [-0.25, -0.2) is 15.0 Å². The highest BCUT2D eigenvalue weighted by molar-refractivity contribution is 5.82. The van der Waals surface area contributed by atoms with Crippen LogP contribution in [0.3, 0.4) is 0 Å². The van der Waals surface area contributed by atoms with Gasteiger partial charge in [-0.05, 0) is 6.92 Å². The maximum absolute atomic E-state index is 4.23. The standard InChI is InChI=1S/C11H13N7/c1-7(8-3-16-18(2)4-8)17-11-9-10(13-5-12-9)14-6-15-11/h3-7H,1-2H3,(H2,12,13,14,15,17). The molecule has 1 unspecified atom stereocenters. The van der Waals surface area contributed by atoms with Crippen molar-refractivity contribution in [1.82, 2.24) is 29.7 Å². The molecule has 2 N–H and O–H groups in total. The van der Waals surface area contributed by atoms with Crippen LogP contribution in [0.4, 0.5) is 5.82 Å². The predicted molar refractivity (Wildman–Crippen MR) is 66.9 cm³/mol. The van der Waals surface area contributed by atoms with Crippen LogP contribution in [0.25, 0.3) is 11.2 Å². The van der Waals surface area contributed by atoms with Gasteiger partial charge in [-0.15, -0.1) is 0 Å². The molecule has 0 fully saturated rings. The van der Waals surface area contributed by atoms with E-state index in [4.69, 9.17) is 0 Å². The van der Waals surface area contributed by atoms with Crippen molar-refractivity contribution in [2.75, 3.05) is 5.32 Å². The lowest BCUT2D eigenvalue weighted by Gasteiger charge is -2.12. The molecule has 0 radical (unpaired) electrons. The Morgan fingerprint density at radius 2 is 2.22 bits per heavy atom. The van der Waals surface area contributed by atoms with Crippen LogP contribution >= 0.6 is 0 Å². The van der Waals surface area contributed by atoms with Crippen molar-refractivity contribution in [3.05, 3.63) is 30.6 Å². The highest BCUT2D eigenvalue weighted by Crippen LogP contribution is 2.21. The number of aromatic nitrogens is 6. The first-order valence-electron chi connectivity index (χ1n) is 5.63. The Labute approximate surface area is 103 Å². The van der Waals surface area contributed by atoms with Gasteiger partial charge in [-0.2, -0.15) is 5.10 Å². The first-order chi connectivity index (χ1) is 8.74. The van der Waals surface area contributed by atoms with Gasteiger partial charge in [0.2, 0.25) is 0 Å². The van der Waals surface area contributed by atoms with E-state index in [1.165, 1.54) is 6.33 Å². The van der Waals surface area contributed by atoms with Crippen molar-refractivity contribution in [3.8, 4) is 0 Å². The number of anilines is 1. The molecule has 3 heterocycles. The van der Waals surface area contributed by atoms with Crippen molar-refractivity contribution in [2.45, 2.75) is 13.0 Å². The summed E-state index contributed by atoms with van der Waals surface area (Å²) in [5, 5.41) is 7.48. The zero-order chi connectivity index (χ0) is 12.5. The Morgan fingerprint density at radius 1 is 1.33 bits per heavy atom. The summed E-state index contributed by atoms with van der Waals surface area (Å²) in [5.41, 5.74) is 2.57. The molecule has 0 aliphatic rings. The number of aryl methyl sites for hydroxylation is 1. The van der Waals surface area contributed by atoms with Gasteiger partial charge in [-0.3, -0.25) is 4.68 Å². The molecule has 92 valence electrons. The first kappa shape index (κ1) is 10.7. The maximum atomic E-state index is 4.23. The number of imidazole rings is 1. The van der Waals surface area contributed by atoms with Crippen LogP contribution in [0.1, 0.15) is 18.5 Å². The van der Waals surface area contributed by atoms with E-state index in [1.807, 2.05) is 19.4 Å². The second-order valence-corrected chi connectivity index (χ2v) is 4.14. The third kappa shape index (κ3) is 1.79. The lowest BCUT2D eigenvalue weighted by molar-refractivity contribution is 0.765. The third-order valence-electron chi connectivity index (χ3n) is 2.80. The van der Waals surface area contributed by atoms with Crippen molar-refractivity contribution >= 4 is 17.0 Å². The summed E-state index contributed by atoms with van der Waals surface area (Å²) in [5.74, 6) is 0.744. The van der Waals surface area contributed by atoms with Crippen LogP contribution in [0.15, 0.2) is 25.0 Å². The Balaban J connectivity index is 1.90. The van der Waals surface area contributed by atoms with Crippen LogP contribution < -0.4 is 5.32 Å². The topological polar surface area (TPSA) is 84.3 Å². The molecular weight excluding hydrogens is 230 g/mol. The molecule has 0 aliphatic carbocycles. The Kier molecular flexibility index (Phi) is 2.44. The molecule has 3 aromatic heterocycles. The zero-order valence-corrected chi connectivity index (χ0v) is 10.1. The van der Waals surface area contributed by atoms with E-state index < -0.39 is 0 Å².